The molecule has 36 heavy (non-hydrogen) atoms. The van der Waals surface area contributed by atoms with Crippen LogP contribution in [0, 0.1) is 18.7 Å². The summed E-state index contributed by atoms with van der Waals surface area (Å²) >= 11 is 0. The van der Waals surface area contributed by atoms with Crippen LogP contribution in [0.5, 0.6) is 0 Å². The standard InChI is InChI=1S/C32H34FNO2/c1-7-20(3)19-36-32(35)28-13-11-26(25-12-14-30(33)22(5)15-25)17-31(28)34-18-27-10-9-24(21(4)8-2)16-29(27)23(34)6/h8-17,20H,6-7,18-19H2,1-5H3/b21-8+. The van der Waals surface area contributed by atoms with Crippen molar-refractivity contribution in [3.8, 4) is 11.1 Å². The zero-order chi connectivity index (χ0) is 26.0. The normalized spacial score (nSPS) is 14.1. The number of nitrogens with zero attached hydrogens (tertiary/aromatic N) is 1. The molecular weight excluding hydrogens is 449 g/mol. The van der Waals surface area contributed by atoms with E-state index >= 15 is 0 Å². The minimum Gasteiger partial charge on any atom is -0.462 e. The Hall–Kier alpha value is -3.66. The molecule has 1 aliphatic rings. The molecule has 1 aliphatic heterocycles. The molecule has 0 aromatic heterocycles. The van der Waals surface area contributed by atoms with Crippen LogP contribution in [0.15, 0.2) is 67.3 Å². The molecule has 1 heterocycles. The molecule has 186 valence electrons. The van der Waals surface area contributed by atoms with Crippen molar-refractivity contribution in [2.24, 2.45) is 5.92 Å². The second kappa shape index (κ2) is 10.5. The minimum atomic E-state index is -0.346. The average Bonchev–Trinajstić information content (AvgIpc) is 3.23. The molecule has 0 fully saturated rings. The van der Waals surface area contributed by atoms with Gasteiger partial charge in [-0.1, -0.05) is 57.2 Å². The molecule has 4 rings (SSSR count). The SMILES string of the molecule is C=C1c2cc(/C(C)=C/C)ccc2CN1c1cc(-c2ccc(F)c(C)c2)ccc1C(=O)OCC(C)CC. The van der Waals surface area contributed by atoms with Gasteiger partial charge in [0.05, 0.1) is 17.9 Å². The molecular formula is C32H34FNO2. The van der Waals surface area contributed by atoms with Gasteiger partial charge in [0.25, 0.3) is 0 Å². The molecule has 3 aromatic carbocycles. The van der Waals surface area contributed by atoms with E-state index in [-0.39, 0.29) is 17.7 Å². The number of hydrogen-bond acceptors (Lipinski definition) is 3. The first-order valence-corrected chi connectivity index (χ1v) is 12.5. The Labute approximate surface area is 213 Å². The lowest BCUT2D eigenvalue weighted by Gasteiger charge is -2.24. The Bertz CT molecular complexity index is 1350. The maximum absolute atomic E-state index is 13.9. The monoisotopic (exact) mass is 483 g/mol. The highest BCUT2D eigenvalue weighted by atomic mass is 19.1. The van der Waals surface area contributed by atoms with Gasteiger partial charge in [-0.15, -0.1) is 0 Å². The highest BCUT2D eigenvalue weighted by molar-refractivity contribution is 6.00. The number of aryl methyl sites for hydroxylation is 1. The predicted molar refractivity (Wildman–Crippen MR) is 147 cm³/mol. The van der Waals surface area contributed by atoms with Gasteiger partial charge < -0.3 is 9.64 Å². The largest absolute Gasteiger partial charge is 0.462 e. The van der Waals surface area contributed by atoms with Gasteiger partial charge in [0.1, 0.15) is 5.82 Å². The lowest BCUT2D eigenvalue weighted by molar-refractivity contribution is 0.0448. The number of hydrogen-bond donors (Lipinski definition) is 0. The lowest BCUT2D eigenvalue weighted by Crippen LogP contribution is -2.19. The number of rotatable bonds is 7. The van der Waals surface area contributed by atoms with Gasteiger partial charge in [0, 0.05) is 17.8 Å². The van der Waals surface area contributed by atoms with E-state index in [1.54, 1.807) is 13.0 Å². The van der Waals surface area contributed by atoms with E-state index in [4.69, 9.17) is 4.74 Å². The number of esters is 1. The van der Waals surface area contributed by atoms with Crippen LogP contribution in [0.1, 0.15) is 66.7 Å². The Morgan fingerprint density at radius 3 is 2.56 bits per heavy atom. The van der Waals surface area contributed by atoms with Gasteiger partial charge in [-0.3, -0.25) is 0 Å². The van der Waals surface area contributed by atoms with Crippen molar-refractivity contribution in [2.45, 2.75) is 47.6 Å². The zero-order valence-electron chi connectivity index (χ0n) is 21.8. The molecule has 3 nitrogen and oxygen atoms in total. The van der Waals surface area contributed by atoms with Crippen LogP contribution in [0.3, 0.4) is 0 Å². The van der Waals surface area contributed by atoms with E-state index in [9.17, 15) is 9.18 Å². The van der Waals surface area contributed by atoms with E-state index in [1.165, 1.54) is 11.6 Å². The van der Waals surface area contributed by atoms with Crippen LogP contribution in [-0.4, -0.2) is 12.6 Å². The van der Waals surface area contributed by atoms with Crippen molar-refractivity contribution < 1.29 is 13.9 Å². The van der Waals surface area contributed by atoms with Gasteiger partial charge >= 0.3 is 5.97 Å². The van der Waals surface area contributed by atoms with E-state index in [0.717, 1.165) is 45.6 Å². The summed E-state index contributed by atoms with van der Waals surface area (Å²) < 4.78 is 19.6. The molecule has 0 bridgehead atoms. The third-order valence-electron chi connectivity index (χ3n) is 7.16. The average molecular weight is 484 g/mol. The van der Waals surface area contributed by atoms with Crippen LogP contribution in [0.2, 0.25) is 0 Å². The quantitative estimate of drug-likeness (QED) is 0.316. The zero-order valence-corrected chi connectivity index (χ0v) is 21.8. The fourth-order valence-electron chi connectivity index (χ4n) is 4.38. The molecule has 0 aliphatic carbocycles. The van der Waals surface area contributed by atoms with Crippen LogP contribution in [0.4, 0.5) is 10.1 Å². The van der Waals surface area contributed by atoms with E-state index in [2.05, 4.69) is 56.5 Å². The summed E-state index contributed by atoms with van der Waals surface area (Å²) in [5.41, 5.74) is 9.06. The highest BCUT2D eigenvalue weighted by Gasteiger charge is 2.28. The van der Waals surface area contributed by atoms with Gasteiger partial charge in [-0.05, 0) is 90.4 Å². The molecule has 0 radical (unpaired) electrons. The van der Waals surface area contributed by atoms with Crippen LogP contribution in [-0.2, 0) is 11.3 Å². The third kappa shape index (κ3) is 4.99. The van der Waals surface area contributed by atoms with E-state index in [1.807, 2.05) is 31.2 Å². The molecule has 0 N–H and O–H groups in total. The number of allylic oxidation sites excluding steroid dienone is 2. The Kier molecular flexibility index (Phi) is 7.44. The van der Waals surface area contributed by atoms with Gasteiger partial charge in [-0.25, -0.2) is 9.18 Å². The summed E-state index contributed by atoms with van der Waals surface area (Å²) in [6, 6.07) is 17.2. The fraction of sp³-hybridized carbons (Fsp3) is 0.281. The summed E-state index contributed by atoms with van der Waals surface area (Å²) in [4.78, 5) is 15.3. The minimum absolute atomic E-state index is 0.236. The van der Waals surface area contributed by atoms with Gasteiger partial charge in [0.15, 0.2) is 0 Å². The van der Waals surface area contributed by atoms with Crippen LogP contribution >= 0.6 is 0 Å². The number of carbonyl (C=O) groups excluding carboxylic acids is 1. The summed E-state index contributed by atoms with van der Waals surface area (Å²) in [6.45, 7) is 15.4. The number of carbonyl (C=O) groups is 1. The summed E-state index contributed by atoms with van der Waals surface area (Å²) in [5, 5.41) is 0. The number of benzene rings is 3. The maximum Gasteiger partial charge on any atom is 0.340 e. The molecule has 0 saturated carbocycles. The smallest absolute Gasteiger partial charge is 0.340 e. The second-order valence-electron chi connectivity index (χ2n) is 9.68. The molecule has 0 spiro atoms. The predicted octanol–water partition coefficient (Wildman–Crippen LogP) is 8.42. The number of fused-ring (bicyclic) bond motifs is 1. The highest BCUT2D eigenvalue weighted by Crippen LogP contribution is 2.40. The van der Waals surface area contributed by atoms with Crippen molar-refractivity contribution in [3.05, 3.63) is 101 Å². The number of ether oxygens (including phenoxy) is 1. The van der Waals surface area contributed by atoms with Crippen molar-refractivity contribution in [1.82, 2.24) is 0 Å². The molecule has 4 heteroatoms. The van der Waals surface area contributed by atoms with Gasteiger partial charge in [-0.2, -0.15) is 0 Å². The number of anilines is 1. The molecule has 0 amide bonds. The topological polar surface area (TPSA) is 29.5 Å². The van der Waals surface area contributed by atoms with Gasteiger partial charge in [0.2, 0.25) is 0 Å². The summed E-state index contributed by atoms with van der Waals surface area (Å²) in [7, 11) is 0. The molecule has 1 atom stereocenters. The van der Waals surface area contributed by atoms with E-state index < -0.39 is 0 Å². The van der Waals surface area contributed by atoms with E-state index in [0.29, 0.717) is 24.3 Å². The van der Waals surface area contributed by atoms with Crippen molar-refractivity contribution in [2.75, 3.05) is 11.5 Å². The first kappa shape index (κ1) is 25.4. The number of halogens is 1. The Balaban J connectivity index is 1.77. The molecule has 0 saturated heterocycles. The van der Waals surface area contributed by atoms with Crippen LogP contribution in [0.25, 0.3) is 22.4 Å². The summed E-state index contributed by atoms with van der Waals surface area (Å²) in [5.74, 6) is -0.292. The molecule has 1 unspecified atom stereocenters. The van der Waals surface area contributed by atoms with Crippen molar-refractivity contribution in [1.29, 1.82) is 0 Å². The first-order chi connectivity index (χ1) is 17.2. The second-order valence-corrected chi connectivity index (χ2v) is 9.68. The third-order valence-corrected chi connectivity index (χ3v) is 7.16. The van der Waals surface area contributed by atoms with Crippen LogP contribution < -0.4 is 4.90 Å². The summed E-state index contributed by atoms with van der Waals surface area (Å²) in [6.07, 6.45) is 3.03. The first-order valence-electron chi connectivity index (χ1n) is 12.5. The van der Waals surface area contributed by atoms with Crippen molar-refractivity contribution >= 4 is 22.9 Å². The van der Waals surface area contributed by atoms with Crippen molar-refractivity contribution in [3.63, 3.8) is 0 Å². The Morgan fingerprint density at radius 2 is 1.86 bits per heavy atom. The lowest BCUT2D eigenvalue weighted by atomic mass is 9.99. The maximum atomic E-state index is 13.9. The Morgan fingerprint density at radius 1 is 1.14 bits per heavy atom. The molecule has 3 aromatic rings. The fourth-order valence-corrected chi connectivity index (χ4v) is 4.38.